The van der Waals surface area contributed by atoms with Crippen LogP contribution in [0.5, 0.6) is 0 Å². The van der Waals surface area contributed by atoms with Crippen molar-refractivity contribution >= 4 is 29.4 Å². The predicted octanol–water partition coefficient (Wildman–Crippen LogP) is 2.32. The average molecular weight is 378 g/mol. The maximum Gasteiger partial charge on any atom is 0.321 e. The number of rotatable bonds is 3. The van der Waals surface area contributed by atoms with Crippen LogP contribution in [0.4, 0.5) is 25.4 Å². The van der Waals surface area contributed by atoms with E-state index in [0.29, 0.717) is 38.2 Å². The number of urea groups is 2. The third kappa shape index (κ3) is 4.29. The zero-order valence-corrected chi connectivity index (χ0v) is 15.1. The van der Waals surface area contributed by atoms with E-state index in [1.165, 1.54) is 28.0 Å². The average Bonchev–Trinajstić information content (AvgIpc) is 2.63. The number of carboxylic acid groups (broad SMARTS) is 1. The Morgan fingerprint density at radius 1 is 1.33 bits per heavy atom. The van der Waals surface area contributed by atoms with E-state index in [0.717, 1.165) is 0 Å². The first-order valence-electron chi connectivity index (χ1n) is 8.99. The lowest BCUT2D eigenvalue weighted by molar-refractivity contribution is -0.143. The molecule has 2 fully saturated rings. The third-order valence-corrected chi connectivity index (χ3v) is 4.86. The monoisotopic (exact) mass is 378 g/mol. The van der Waals surface area contributed by atoms with Gasteiger partial charge in [0.2, 0.25) is 0 Å². The van der Waals surface area contributed by atoms with Crippen molar-refractivity contribution in [1.82, 2.24) is 10.2 Å². The standard InChI is InChI=1S/C18H23FN4O4/c1-11-7-12(16(24)25)10-22(9-11)18(27)21-13-3-4-14(19)15(8-13)23-6-2-5-20-17(23)26/h3-4,8,11-12H,2,5-7,9-10H2,1H3,(H,20,26)(H,21,27)(H,24,25). The van der Waals surface area contributed by atoms with Crippen molar-refractivity contribution in [2.24, 2.45) is 11.8 Å². The third-order valence-electron chi connectivity index (χ3n) is 4.86. The molecule has 3 rings (SSSR count). The molecule has 1 aromatic carbocycles. The van der Waals surface area contributed by atoms with Crippen LogP contribution in [0.25, 0.3) is 0 Å². The first kappa shape index (κ1) is 18.9. The Bertz CT molecular complexity index is 757. The number of nitrogens with zero attached hydrogens (tertiary/aromatic N) is 2. The number of nitrogens with one attached hydrogen (secondary N) is 2. The molecule has 0 radical (unpaired) electrons. The lowest BCUT2D eigenvalue weighted by atomic mass is 9.91. The highest BCUT2D eigenvalue weighted by Gasteiger charge is 2.32. The van der Waals surface area contributed by atoms with Crippen LogP contribution in [0.15, 0.2) is 18.2 Å². The molecule has 0 saturated carbocycles. The normalized spacial score (nSPS) is 23.0. The molecule has 27 heavy (non-hydrogen) atoms. The Morgan fingerprint density at radius 2 is 2.11 bits per heavy atom. The van der Waals surface area contributed by atoms with Crippen LogP contribution >= 0.6 is 0 Å². The van der Waals surface area contributed by atoms with Crippen LogP contribution in [0.1, 0.15) is 19.8 Å². The Morgan fingerprint density at radius 3 is 2.81 bits per heavy atom. The summed E-state index contributed by atoms with van der Waals surface area (Å²) < 4.78 is 14.2. The smallest absolute Gasteiger partial charge is 0.321 e. The van der Waals surface area contributed by atoms with Gasteiger partial charge in [-0.25, -0.2) is 14.0 Å². The number of anilines is 2. The van der Waals surface area contributed by atoms with E-state index in [4.69, 9.17) is 0 Å². The van der Waals surface area contributed by atoms with Crippen LogP contribution in [-0.4, -0.2) is 54.2 Å². The molecule has 2 aliphatic heterocycles. The minimum absolute atomic E-state index is 0.0754. The number of likely N-dealkylation sites (tertiary alicyclic amines) is 1. The Balaban J connectivity index is 1.73. The molecular weight excluding hydrogens is 355 g/mol. The molecule has 2 aliphatic rings. The molecule has 2 unspecified atom stereocenters. The molecule has 0 bridgehead atoms. The maximum absolute atomic E-state index is 14.2. The number of carboxylic acids is 1. The Kier molecular flexibility index (Phi) is 5.48. The highest BCUT2D eigenvalue weighted by molar-refractivity contribution is 5.95. The summed E-state index contributed by atoms with van der Waals surface area (Å²) in [6.45, 7) is 3.43. The van der Waals surface area contributed by atoms with Crippen molar-refractivity contribution in [3.8, 4) is 0 Å². The number of hydrogen-bond acceptors (Lipinski definition) is 3. The molecule has 9 heteroatoms. The predicted molar refractivity (Wildman–Crippen MR) is 97.3 cm³/mol. The molecule has 0 aliphatic carbocycles. The molecule has 2 heterocycles. The summed E-state index contributed by atoms with van der Waals surface area (Å²) in [5.41, 5.74) is 0.445. The molecule has 3 N–H and O–H groups in total. The fourth-order valence-electron chi connectivity index (χ4n) is 3.56. The van der Waals surface area contributed by atoms with Gasteiger partial charge in [0, 0.05) is 31.9 Å². The molecule has 4 amide bonds. The lowest BCUT2D eigenvalue weighted by Crippen LogP contribution is -2.47. The van der Waals surface area contributed by atoms with E-state index in [9.17, 15) is 23.9 Å². The summed E-state index contributed by atoms with van der Waals surface area (Å²) in [7, 11) is 0. The van der Waals surface area contributed by atoms with Gasteiger partial charge in [0.05, 0.1) is 11.6 Å². The number of piperidine rings is 1. The van der Waals surface area contributed by atoms with Gasteiger partial charge in [0.1, 0.15) is 5.82 Å². The van der Waals surface area contributed by atoms with Gasteiger partial charge < -0.3 is 20.6 Å². The second kappa shape index (κ2) is 7.81. The van der Waals surface area contributed by atoms with E-state index in [-0.39, 0.29) is 24.2 Å². The highest BCUT2D eigenvalue weighted by Crippen LogP contribution is 2.26. The van der Waals surface area contributed by atoms with Gasteiger partial charge >= 0.3 is 18.0 Å². The van der Waals surface area contributed by atoms with Crippen LogP contribution in [0.3, 0.4) is 0 Å². The molecule has 2 saturated heterocycles. The number of aliphatic carboxylic acids is 1. The minimum Gasteiger partial charge on any atom is -0.481 e. The van der Waals surface area contributed by atoms with Gasteiger partial charge in [-0.3, -0.25) is 9.69 Å². The number of carbonyl (C=O) groups is 3. The number of hydrogen-bond donors (Lipinski definition) is 3. The van der Waals surface area contributed by atoms with E-state index < -0.39 is 23.7 Å². The summed E-state index contributed by atoms with van der Waals surface area (Å²) in [5, 5.41) is 14.6. The zero-order valence-electron chi connectivity index (χ0n) is 15.1. The van der Waals surface area contributed by atoms with E-state index >= 15 is 0 Å². The molecule has 1 aromatic rings. The molecular formula is C18H23FN4O4. The second-order valence-corrected chi connectivity index (χ2v) is 7.11. The minimum atomic E-state index is -0.917. The van der Waals surface area contributed by atoms with Crippen LogP contribution in [0, 0.1) is 17.7 Å². The van der Waals surface area contributed by atoms with E-state index in [2.05, 4.69) is 10.6 Å². The Labute approximate surface area is 156 Å². The van der Waals surface area contributed by atoms with Crippen molar-refractivity contribution < 1.29 is 23.9 Å². The summed E-state index contributed by atoms with van der Waals surface area (Å²) in [4.78, 5) is 38.6. The number of halogens is 1. The largest absolute Gasteiger partial charge is 0.481 e. The summed E-state index contributed by atoms with van der Waals surface area (Å²) in [6, 6.07) is 3.22. The van der Waals surface area contributed by atoms with Gasteiger partial charge in [-0.05, 0) is 37.0 Å². The molecule has 2 atom stereocenters. The van der Waals surface area contributed by atoms with Gasteiger partial charge in [-0.2, -0.15) is 0 Å². The maximum atomic E-state index is 14.2. The molecule has 0 spiro atoms. The van der Waals surface area contributed by atoms with Gasteiger partial charge in [0.15, 0.2) is 0 Å². The summed E-state index contributed by atoms with van der Waals surface area (Å²) in [5.74, 6) is -1.99. The zero-order chi connectivity index (χ0) is 19.6. The topological polar surface area (TPSA) is 102 Å². The SMILES string of the molecule is CC1CC(C(=O)O)CN(C(=O)Nc2ccc(F)c(N3CCCNC3=O)c2)C1. The van der Waals surface area contributed by atoms with E-state index in [1.807, 2.05) is 6.92 Å². The van der Waals surface area contributed by atoms with Crippen molar-refractivity contribution in [3.05, 3.63) is 24.0 Å². The van der Waals surface area contributed by atoms with Crippen LogP contribution < -0.4 is 15.5 Å². The summed E-state index contributed by atoms with van der Waals surface area (Å²) >= 11 is 0. The van der Waals surface area contributed by atoms with Crippen molar-refractivity contribution in [1.29, 1.82) is 0 Å². The molecule has 8 nitrogen and oxygen atoms in total. The number of benzene rings is 1. The van der Waals surface area contributed by atoms with Gasteiger partial charge in [0.25, 0.3) is 0 Å². The summed E-state index contributed by atoms with van der Waals surface area (Å²) in [6.07, 6.45) is 1.23. The molecule has 0 aromatic heterocycles. The van der Waals surface area contributed by atoms with Gasteiger partial charge in [-0.15, -0.1) is 0 Å². The Hall–Kier alpha value is -2.84. The number of amides is 4. The molecule has 146 valence electrons. The number of carbonyl (C=O) groups excluding carboxylic acids is 2. The van der Waals surface area contributed by atoms with Crippen LogP contribution in [0.2, 0.25) is 0 Å². The fraction of sp³-hybridized carbons (Fsp3) is 0.500. The van der Waals surface area contributed by atoms with E-state index in [1.54, 1.807) is 0 Å². The highest BCUT2D eigenvalue weighted by atomic mass is 19.1. The van der Waals surface area contributed by atoms with Gasteiger partial charge in [-0.1, -0.05) is 6.92 Å². The lowest BCUT2D eigenvalue weighted by Gasteiger charge is -2.34. The first-order chi connectivity index (χ1) is 12.8. The van der Waals surface area contributed by atoms with Crippen molar-refractivity contribution in [2.45, 2.75) is 19.8 Å². The quantitative estimate of drug-likeness (QED) is 0.751. The fourth-order valence-corrected chi connectivity index (χ4v) is 3.56. The van der Waals surface area contributed by atoms with Crippen molar-refractivity contribution in [2.75, 3.05) is 36.4 Å². The van der Waals surface area contributed by atoms with Crippen LogP contribution in [-0.2, 0) is 4.79 Å². The second-order valence-electron chi connectivity index (χ2n) is 7.11. The van der Waals surface area contributed by atoms with Crippen molar-refractivity contribution in [3.63, 3.8) is 0 Å². The first-order valence-corrected chi connectivity index (χ1v) is 8.99.